The van der Waals surface area contributed by atoms with Gasteiger partial charge in [0.25, 0.3) is 0 Å². The van der Waals surface area contributed by atoms with Crippen molar-refractivity contribution < 1.29 is 15.0 Å². The Balaban J connectivity index is 2.36. The molecule has 1 heterocycles. The number of aromatic hydroxyl groups is 2. The molecule has 1 aromatic heterocycles. The van der Waals surface area contributed by atoms with Crippen LogP contribution in [0.4, 0.5) is 0 Å². The molecule has 0 unspecified atom stereocenters. The predicted octanol–water partition coefficient (Wildman–Crippen LogP) is 4.24. The Morgan fingerprint density at radius 1 is 0.852 bits per heavy atom. The first-order valence-corrected chi connectivity index (χ1v) is 8.86. The van der Waals surface area contributed by atoms with Crippen molar-refractivity contribution in [2.24, 2.45) is 0 Å². The maximum absolute atomic E-state index is 11.0. The molecule has 0 aliphatic carbocycles. The van der Waals surface area contributed by atoms with Crippen LogP contribution in [0.15, 0.2) is 24.3 Å². The van der Waals surface area contributed by atoms with E-state index < -0.39 is 0 Å². The molecule has 2 N–H and O–H groups in total. The van der Waals surface area contributed by atoms with Crippen LogP contribution in [0, 0.1) is 0 Å². The van der Waals surface area contributed by atoms with Crippen LogP contribution in [0.1, 0.15) is 63.0 Å². The van der Waals surface area contributed by atoms with Gasteiger partial charge < -0.3 is 10.2 Å². The summed E-state index contributed by atoms with van der Waals surface area (Å²) in [7, 11) is 0. The second kappa shape index (κ2) is 6.08. The summed E-state index contributed by atoms with van der Waals surface area (Å²) in [6.07, 6.45) is 0.741. The first-order chi connectivity index (χ1) is 12.4. The molecule has 3 aromatic rings. The summed E-state index contributed by atoms with van der Waals surface area (Å²) in [5.41, 5.74) is 2.44. The molecule has 0 radical (unpaired) electrons. The van der Waals surface area contributed by atoms with E-state index in [4.69, 9.17) is 0 Å². The molecule has 2 aromatic carbocycles. The number of fused-ring (bicyclic) bond motifs is 1. The molecule has 0 bridgehead atoms. The fraction of sp³-hybridized carbons (Fsp3) is 0.381. The highest BCUT2D eigenvalue weighted by atomic mass is 16.3. The smallest absolute Gasteiger partial charge is 0.169 e. The third-order valence-corrected chi connectivity index (χ3v) is 4.60. The summed E-state index contributed by atoms with van der Waals surface area (Å²) in [4.78, 5) is 12.3. The van der Waals surface area contributed by atoms with Crippen molar-refractivity contribution in [3.63, 3.8) is 0 Å². The minimum absolute atomic E-state index is 0.0519. The van der Waals surface area contributed by atoms with Crippen molar-refractivity contribution in [2.45, 2.75) is 52.4 Å². The second-order valence-electron chi connectivity index (χ2n) is 8.87. The Hall–Kier alpha value is -2.89. The van der Waals surface area contributed by atoms with Crippen LogP contribution < -0.4 is 0 Å². The lowest BCUT2D eigenvalue weighted by Gasteiger charge is -2.28. The first-order valence-electron chi connectivity index (χ1n) is 8.86. The summed E-state index contributed by atoms with van der Waals surface area (Å²) in [5, 5.41) is 30.7. The molecule has 0 saturated heterocycles. The van der Waals surface area contributed by atoms with Gasteiger partial charge in [-0.05, 0) is 35.1 Å². The summed E-state index contributed by atoms with van der Waals surface area (Å²) in [5.74, 6) is -0.104. The van der Waals surface area contributed by atoms with Crippen LogP contribution in [0.25, 0.3) is 16.7 Å². The molecule has 0 atom stereocenters. The van der Waals surface area contributed by atoms with Gasteiger partial charge in [0.15, 0.2) is 17.2 Å². The summed E-state index contributed by atoms with van der Waals surface area (Å²) < 4.78 is 0. The van der Waals surface area contributed by atoms with Crippen LogP contribution in [0.3, 0.4) is 0 Å². The maximum Gasteiger partial charge on any atom is 0.169 e. The van der Waals surface area contributed by atoms with Gasteiger partial charge in [0.1, 0.15) is 17.3 Å². The highest BCUT2D eigenvalue weighted by Crippen LogP contribution is 2.45. The summed E-state index contributed by atoms with van der Waals surface area (Å²) in [6, 6.07) is 6.81. The monoisotopic (exact) mass is 367 g/mol. The first kappa shape index (κ1) is 18.9. The summed E-state index contributed by atoms with van der Waals surface area (Å²) in [6.45, 7) is 12.0. The normalized spacial score (nSPS) is 12.5. The maximum atomic E-state index is 11.0. The molecule has 0 aliphatic rings. The number of phenols is 2. The van der Waals surface area contributed by atoms with E-state index in [1.165, 1.54) is 4.80 Å². The molecule has 0 fully saturated rings. The third-order valence-electron chi connectivity index (χ3n) is 4.60. The molecule has 142 valence electrons. The molecule has 27 heavy (non-hydrogen) atoms. The van der Waals surface area contributed by atoms with E-state index in [1.807, 2.05) is 47.6 Å². The second-order valence-corrected chi connectivity index (χ2v) is 8.87. The number of aromatic nitrogens is 3. The Bertz CT molecular complexity index is 999. The highest BCUT2D eigenvalue weighted by molar-refractivity contribution is 5.84. The molecule has 0 amide bonds. The zero-order valence-electron chi connectivity index (χ0n) is 16.5. The number of nitrogens with zero attached hydrogens (tertiary/aromatic N) is 3. The third kappa shape index (κ3) is 3.27. The fourth-order valence-corrected chi connectivity index (χ4v) is 3.09. The number of hydrogen-bond donors (Lipinski definition) is 2. The number of benzene rings is 2. The minimum atomic E-state index is -0.343. The van der Waals surface area contributed by atoms with Gasteiger partial charge in [-0.15, -0.1) is 15.0 Å². The van der Waals surface area contributed by atoms with E-state index in [2.05, 4.69) is 10.2 Å². The predicted molar refractivity (Wildman–Crippen MR) is 105 cm³/mol. The number of phenolic OH excluding ortho intramolecular Hbond substituents is 2. The Labute approximate surface area is 158 Å². The zero-order valence-corrected chi connectivity index (χ0v) is 16.5. The van der Waals surface area contributed by atoms with Crippen LogP contribution in [-0.2, 0) is 10.8 Å². The zero-order chi connectivity index (χ0) is 20.1. The van der Waals surface area contributed by atoms with Crippen LogP contribution in [0.5, 0.6) is 11.5 Å². The van der Waals surface area contributed by atoms with Gasteiger partial charge in [0.05, 0.1) is 0 Å². The van der Waals surface area contributed by atoms with Crippen molar-refractivity contribution in [2.75, 3.05) is 0 Å². The SMILES string of the molecule is CC(C)(C)c1cc(C(C)(C)C)c(O)c(-n2nc3ccc(C=O)cc3n2)c1O. The Morgan fingerprint density at radius 2 is 1.37 bits per heavy atom. The van der Waals surface area contributed by atoms with Gasteiger partial charge in [-0.1, -0.05) is 41.5 Å². The van der Waals surface area contributed by atoms with E-state index in [0.717, 1.165) is 6.29 Å². The average Bonchev–Trinajstić information content (AvgIpc) is 2.94. The van der Waals surface area contributed by atoms with Gasteiger partial charge in [0.2, 0.25) is 0 Å². The molecular weight excluding hydrogens is 342 g/mol. The lowest BCUT2D eigenvalue weighted by molar-refractivity contribution is 0.112. The molecule has 0 saturated carbocycles. The minimum Gasteiger partial charge on any atom is -0.505 e. The molecular formula is C21H25N3O3. The highest BCUT2D eigenvalue weighted by Gasteiger charge is 2.30. The number of hydrogen-bond acceptors (Lipinski definition) is 5. The Morgan fingerprint density at radius 3 is 1.85 bits per heavy atom. The van der Waals surface area contributed by atoms with Crippen molar-refractivity contribution in [3.8, 4) is 17.2 Å². The largest absolute Gasteiger partial charge is 0.505 e. The van der Waals surface area contributed by atoms with Crippen molar-refractivity contribution >= 4 is 17.3 Å². The van der Waals surface area contributed by atoms with Crippen molar-refractivity contribution in [1.29, 1.82) is 0 Å². The lowest BCUT2D eigenvalue weighted by Crippen LogP contribution is -2.18. The molecule has 0 spiro atoms. The van der Waals surface area contributed by atoms with E-state index in [1.54, 1.807) is 18.2 Å². The number of carbonyl (C=O) groups excluding carboxylic acids is 1. The quantitative estimate of drug-likeness (QED) is 0.662. The van der Waals surface area contributed by atoms with Gasteiger partial charge in [0, 0.05) is 16.7 Å². The molecule has 0 aliphatic heterocycles. The van der Waals surface area contributed by atoms with Crippen molar-refractivity contribution in [3.05, 3.63) is 41.0 Å². The van der Waals surface area contributed by atoms with E-state index in [9.17, 15) is 15.0 Å². The van der Waals surface area contributed by atoms with E-state index >= 15 is 0 Å². The number of aldehydes is 1. The van der Waals surface area contributed by atoms with Crippen LogP contribution >= 0.6 is 0 Å². The fourth-order valence-electron chi connectivity index (χ4n) is 3.09. The standard InChI is InChI=1S/C21H25N3O3/c1-20(2,3)13-10-14(21(4,5)6)19(27)17(18(13)26)24-22-15-8-7-12(11-25)9-16(15)23-24/h7-11,26-27H,1-6H3. The van der Waals surface area contributed by atoms with Gasteiger partial charge in [-0.3, -0.25) is 4.79 Å². The molecule has 6 heteroatoms. The average molecular weight is 367 g/mol. The summed E-state index contributed by atoms with van der Waals surface area (Å²) >= 11 is 0. The van der Waals surface area contributed by atoms with E-state index in [0.29, 0.717) is 27.7 Å². The lowest BCUT2D eigenvalue weighted by atomic mass is 9.79. The van der Waals surface area contributed by atoms with Crippen molar-refractivity contribution in [1.82, 2.24) is 15.0 Å². The number of carbonyl (C=O) groups is 1. The van der Waals surface area contributed by atoms with Crippen LogP contribution in [0.2, 0.25) is 0 Å². The van der Waals surface area contributed by atoms with Gasteiger partial charge >= 0.3 is 0 Å². The van der Waals surface area contributed by atoms with E-state index in [-0.39, 0.29) is 28.0 Å². The Kier molecular flexibility index (Phi) is 4.25. The van der Waals surface area contributed by atoms with Gasteiger partial charge in [-0.25, -0.2) is 0 Å². The van der Waals surface area contributed by atoms with Crippen LogP contribution in [-0.4, -0.2) is 31.5 Å². The topological polar surface area (TPSA) is 88.2 Å². The molecule has 6 nitrogen and oxygen atoms in total. The molecule has 3 rings (SSSR count). The van der Waals surface area contributed by atoms with Gasteiger partial charge in [-0.2, -0.15) is 0 Å². The number of rotatable bonds is 2.